The molecule has 19 heavy (non-hydrogen) atoms. The summed E-state index contributed by atoms with van der Waals surface area (Å²) in [4.78, 5) is 13.7. The smallest absolute Gasteiger partial charge is 0.240 e. The fourth-order valence-electron chi connectivity index (χ4n) is 1.89. The highest BCUT2D eigenvalue weighted by Crippen LogP contribution is 2.14. The van der Waals surface area contributed by atoms with E-state index in [2.05, 4.69) is 0 Å². The zero-order valence-corrected chi connectivity index (χ0v) is 11.8. The molecule has 1 amide bonds. The van der Waals surface area contributed by atoms with Crippen molar-refractivity contribution in [3.05, 3.63) is 35.9 Å². The molecule has 4 nitrogen and oxygen atoms in total. The van der Waals surface area contributed by atoms with Crippen LogP contribution in [0.5, 0.6) is 0 Å². The molecule has 1 aromatic rings. The lowest BCUT2D eigenvalue weighted by Gasteiger charge is -2.31. The molecule has 0 radical (unpaired) electrons. The Hall–Kier alpha value is -1.10. The topological polar surface area (TPSA) is 60.8 Å². The van der Waals surface area contributed by atoms with Crippen molar-refractivity contribution in [3.8, 4) is 0 Å². The SMILES string of the molecule is CC(Cl)C(=O)N(Cc1ccccc1)[C@H](CO)CCO. The molecule has 2 atom stereocenters. The summed E-state index contributed by atoms with van der Waals surface area (Å²) in [5, 5.41) is 17.8. The average Bonchev–Trinajstić information content (AvgIpc) is 2.43. The third-order valence-electron chi connectivity index (χ3n) is 2.93. The number of carbonyl (C=O) groups excluding carboxylic acids is 1. The van der Waals surface area contributed by atoms with Crippen LogP contribution in [0.2, 0.25) is 0 Å². The second-order valence-electron chi connectivity index (χ2n) is 4.42. The van der Waals surface area contributed by atoms with E-state index in [0.29, 0.717) is 13.0 Å². The molecule has 0 heterocycles. The molecule has 0 saturated carbocycles. The molecule has 2 N–H and O–H groups in total. The minimum Gasteiger partial charge on any atom is -0.396 e. The van der Waals surface area contributed by atoms with Crippen LogP contribution in [0.25, 0.3) is 0 Å². The van der Waals surface area contributed by atoms with E-state index in [1.807, 2.05) is 30.3 Å². The van der Waals surface area contributed by atoms with Crippen molar-refractivity contribution in [2.45, 2.75) is 31.3 Å². The van der Waals surface area contributed by atoms with Crippen LogP contribution in [0.4, 0.5) is 0 Å². The lowest BCUT2D eigenvalue weighted by Crippen LogP contribution is -2.45. The highest BCUT2D eigenvalue weighted by atomic mass is 35.5. The van der Waals surface area contributed by atoms with Gasteiger partial charge in [0, 0.05) is 13.2 Å². The minimum absolute atomic E-state index is 0.0829. The van der Waals surface area contributed by atoms with Crippen molar-refractivity contribution >= 4 is 17.5 Å². The van der Waals surface area contributed by atoms with Crippen LogP contribution in [0.15, 0.2) is 30.3 Å². The van der Waals surface area contributed by atoms with Gasteiger partial charge in [-0.1, -0.05) is 30.3 Å². The van der Waals surface area contributed by atoms with E-state index in [0.717, 1.165) is 5.56 Å². The fourth-order valence-corrected chi connectivity index (χ4v) is 2.02. The van der Waals surface area contributed by atoms with E-state index in [1.165, 1.54) is 4.90 Å². The van der Waals surface area contributed by atoms with Crippen LogP contribution in [-0.2, 0) is 11.3 Å². The summed E-state index contributed by atoms with van der Waals surface area (Å²) in [7, 11) is 0. The number of alkyl halides is 1. The van der Waals surface area contributed by atoms with Crippen LogP contribution >= 0.6 is 11.6 Å². The van der Waals surface area contributed by atoms with Gasteiger partial charge in [0.1, 0.15) is 5.38 Å². The van der Waals surface area contributed by atoms with Crippen molar-refractivity contribution in [3.63, 3.8) is 0 Å². The molecule has 1 rings (SSSR count). The van der Waals surface area contributed by atoms with Gasteiger partial charge >= 0.3 is 0 Å². The zero-order valence-electron chi connectivity index (χ0n) is 11.0. The first-order valence-electron chi connectivity index (χ1n) is 6.30. The molecule has 5 heteroatoms. The number of halogens is 1. The predicted molar refractivity (Wildman–Crippen MR) is 74.9 cm³/mol. The lowest BCUT2D eigenvalue weighted by molar-refractivity contribution is -0.134. The largest absolute Gasteiger partial charge is 0.396 e. The van der Waals surface area contributed by atoms with Gasteiger partial charge in [-0.05, 0) is 18.9 Å². The van der Waals surface area contributed by atoms with Gasteiger partial charge in [0.05, 0.1) is 12.6 Å². The Bertz CT molecular complexity index is 384. The van der Waals surface area contributed by atoms with Gasteiger partial charge in [-0.2, -0.15) is 0 Å². The van der Waals surface area contributed by atoms with Gasteiger partial charge in [0.15, 0.2) is 0 Å². The standard InChI is InChI=1S/C14H20ClNO3/c1-11(15)14(19)16(13(10-18)7-8-17)9-12-5-3-2-4-6-12/h2-6,11,13,17-18H,7-10H2,1H3/t11?,13-/m0/s1. The zero-order chi connectivity index (χ0) is 14.3. The maximum atomic E-state index is 12.1. The second kappa shape index (κ2) is 8.15. The van der Waals surface area contributed by atoms with Gasteiger partial charge in [0.2, 0.25) is 5.91 Å². The molecule has 0 fully saturated rings. The molecule has 106 valence electrons. The van der Waals surface area contributed by atoms with Crippen LogP contribution in [0.3, 0.4) is 0 Å². The number of benzene rings is 1. The molecule has 1 unspecified atom stereocenters. The van der Waals surface area contributed by atoms with Gasteiger partial charge in [-0.15, -0.1) is 11.6 Å². The van der Waals surface area contributed by atoms with E-state index in [1.54, 1.807) is 6.92 Å². The Morgan fingerprint density at radius 2 is 1.95 bits per heavy atom. The van der Waals surface area contributed by atoms with Crippen molar-refractivity contribution in [2.24, 2.45) is 0 Å². The molecular weight excluding hydrogens is 266 g/mol. The van der Waals surface area contributed by atoms with E-state index in [-0.39, 0.29) is 19.1 Å². The molecule has 0 spiro atoms. The van der Waals surface area contributed by atoms with Crippen molar-refractivity contribution < 1.29 is 15.0 Å². The highest BCUT2D eigenvalue weighted by molar-refractivity contribution is 6.30. The normalized spacial score (nSPS) is 13.9. The summed E-state index contributed by atoms with van der Waals surface area (Å²) in [6, 6.07) is 9.08. The third-order valence-corrected chi connectivity index (χ3v) is 3.12. The number of aliphatic hydroxyl groups excluding tert-OH is 2. The Balaban J connectivity index is 2.88. The first-order valence-corrected chi connectivity index (χ1v) is 6.74. The van der Waals surface area contributed by atoms with Crippen LogP contribution in [-0.4, -0.2) is 45.7 Å². The van der Waals surface area contributed by atoms with Gasteiger partial charge in [-0.3, -0.25) is 4.79 Å². The molecule has 0 aliphatic heterocycles. The first kappa shape index (κ1) is 16.0. The quantitative estimate of drug-likeness (QED) is 0.744. The second-order valence-corrected chi connectivity index (χ2v) is 5.07. The summed E-state index contributed by atoms with van der Waals surface area (Å²) in [5.74, 6) is -0.238. The van der Waals surface area contributed by atoms with Gasteiger partial charge in [-0.25, -0.2) is 0 Å². The van der Waals surface area contributed by atoms with Crippen molar-refractivity contribution in [2.75, 3.05) is 13.2 Å². The van der Waals surface area contributed by atoms with E-state index in [9.17, 15) is 9.90 Å². The summed E-state index contributed by atoms with van der Waals surface area (Å²) in [6.07, 6.45) is 0.332. The van der Waals surface area contributed by atoms with Crippen molar-refractivity contribution in [1.82, 2.24) is 4.90 Å². The van der Waals surface area contributed by atoms with E-state index < -0.39 is 11.4 Å². The number of amides is 1. The number of aliphatic hydroxyl groups is 2. The maximum Gasteiger partial charge on any atom is 0.240 e. The molecule has 0 aromatic heterocycles. The number of hydrogen-bond acceptors (Lipinski definition) is 3. The molecule has 1 aromatic carbocycles. The molecule has 0 aliphatic carbocycles. The Morgan fingerprint density at radius 3 is 2.42 bits per heavy atom. The van der Waals surface area contributed by atoms with Gasteiger partial charge in [0.25, 0.3) is 0 Å². The number of nitrogens with zero attached hydrogens (tertiary/aromatic N) is 1. The predicted octanol–water partition coefficient (Wildman–Crippen LogP) is 1.39. The number of hydrogen-bond donors (Lipinski definition) is 2. The Labute approximate surface area is 118 Å². The molecular formula is C14H20ClNO3. The summed E-state index contributed by atoms with van der Waals surface area (Å²) >= 11 is 5.86. The number of rotatable bonds is 7. The fraction of sp³-hybridized carbons (Fsp3) is 0.500. The molecule has 0 bridgehead atoms. The van der Waals surface area contributed by atoms with E-state index >= 15 is 0 Å². The molecule has 0 aliphatic rings. The highest BCUT2D eigenvalue weighted by Gasteiger charge is 2.25. The van der Waals surface area contributed by atoms with E-state index in [4.69, 9.17) is 16.7 Å². The molecule has 0 saturated heterocycles. The van der Waals surface area contributed by atoms with Crippen LogP contribution in [0.1, 0.15) is 18.9 Å². The average molecular weight is 286 g/mol. The Kier molecular flexibility index (Phi) is 6.84. The van der Waals surface area contributed by atoms with Gasteiger partial charge < -0.3 is 15.1 Å². The van der Waals surface area contributed by atoms with Crippen LogP contribution in [0, 0.1) is 0 Å². The Morgan fingerprint density at radius 1 is 1.32 bits per heavy atom. The minimum atomic E-state index is -0.656. The number of carbonyl (C=O) groups is 1. The monoisotopic (exact) mass is 285 g/mol. The first-order chi connectivity index (χ1) is 9.10. The third kappa shape index (κ3) is 4.82. The lowest BCUT2D eigenvalue weighted by atomic mass is 10.1. The summed E-state index contributed by atoms with van der Waals surface area (Å²) in [5.41, 5.74) is 0.963. The van der Waals surface area contributed by atoms with Crippen molar-refractivity contribution in [1.29, 1.82) is 0 Å². The van der Waals surface area contributed by atoms with Crippen LogP contribution < -0.4 is 0 Å². The summed E-state index contributed by atoms with van der Waals surface area (Å²) < 4.78 is 0. The summed E-state index contributed by atoms with van der Waals surface area (Å²) in [6.45, 7) is 1.71. The maximum absolute atomic E-state index is 12.1.